The molecule has 0 saturated carbocycles. The summed E-state index contributed by atoms with van der Waals surface area (Å²) in [6, 6.07) is 7.81. The Balaban J connectivity index is 2.76. The fourth-order valence-corrected chi connectivity index (χ4v) is 1.94. The van der Waals surface area contributed by atoms with Crippen molar-refractivity contribution in [2.75, 3.05) is 13.7 Å². The minimum Gasteiger partial charge on any atom is -0.497 e. The molecule has 1 aromatic carbocycles. The van der Waals surface area contributed by atoms with Crippen LogP contribution in [0.25, 0.3) is 0 Å². The van der Waals surface area contributed by atoms with E-state index in [1.54, 1.807) is 31.4 Å². The summed E-state index contributed by atoms with van der Waals surface area (Å²) in [7, 11) is 1.55. The summed E-state index contributed by atoms with van der Waals surface area (Å²) in [5.41, 5.74) is 0.447. The Morgan fingerprint density at radius 2 is 1.91 bits per heavy atom. The largest absolute Gasteiger partial charge is 0.497 e. The molecule has 0 radical (unpaired) electrons. The predicted molar refractivity (Wildman–Crippen MR) is 82.3 cm³/mol. The van der Waals surface area contributed by atoms with Gasteiger partial charge in [-0.1, -0.05) is 13.8 Å². The van der Waals surface area contributed by atoms with Gasteiger partial charge in [-0.05, 0) is 36.6 Å². The molecule has 118 valence electrons. The zero-order valence-electron chi connectivity index (χ0n) is 13.1. The third-order valence-corrected chi connectivity index (χ3v) is 3.02. The van der Waals surface area contributed by atoms with E-state index >= 15 is 0 Å². The summed E-state index contributed by atoms with van der Waals surface area (Å²) >= 11 is 0. The number of benzene rings is 1. The number of methoxy groups -OCH3 is 1. The predicted octanol–water partition coefficient (Wildman–Crippen LogP) is 1.48. The van der Waals surface area contributed by atoms with E-state index in [1.165, 1.54) is 0 Å². The zero-order valence-corrected chi connectivity index (χ0v) is 13.1. The van der Waals surface area contributed by atoms with E-state index in [0.717, 1.165) is 0 Å². The van der Waals surface area contributed by atoms with E-state index in [4.69, 9.17) is 10.00 Å². The number of carbonyl (C=O) groups excluding carboxylic acids is 2. The fourth-order valence-electron chi connectivity index (χ4n) is 1.94. The highest BCUT2D eigenvalue weighted by atomic mass is 16.5. The number of amides is 2. The molecule has 1 rings (SSSR count). The first-order valence-corrected chi connectivity index (χ1v) is 7.07. The summed E-state index contributed by atoms with van der Waals surface area (Å²) in [5.74, 6) is 0.202. The molecule has 0 saturated heterocycles. The van der Waals surface area contributed by atoms with Gasteiger partial charge in [0.2, 0.25) is 5.91 Å². The summed E-state index contributed by atoms with van der Waals surface area (Å²) in [5, 5.41) is 13.7. The van der Waals surface area contributed by atoms with E-state index < -0.39 is 6.04 Å². The average Bonchev–Trinajstić information content (AvgIpc) is 2.51. The highest BCUT2D eigenvalue weighted by Gasteiger charge is 2.22. The van der Waals surface area contributed by atoms with Crippen LogP contribution in [-0.4, -0.2) is 31.5 Å². The maximum atomic E-state index is 12.2. The van der Waals surface area contributed by atoms with Gasteiger partial charge < -0.3 is 15.4 Å². The van der Waals surface area contributed by atoms with Crippen molar-refractivity contribution in [3.05, 3.63) is 29.8 Å². The van der Waals surface area contributed by atoms with Gasteiger partial charge in [0.05, 0.1) is 13.2 Å². The van der Waals surface area contributed by atoms with Crippen LogP contribution >= 0.6 is 0 Å². The maximum Gasteiger partial charge on any atom is 0.251 e. The van der Waals surface area contributed by atoms with Gasteiger partial charge >= 0.3 is 0 Å². The van der Waals surface area contributed by atoms with Crippen LogP contribution in [0.3, 0.4) is 0 Å². The number of nitrogens with one attached hydrogen (secondary N) is 2. The topological polar surface area (TPSA) is 91.2 Å². The molecule has 0 unspecified atom stereocenters. The third kappa shape index (κ3) is 5.44. The summed E-state index contributed by atoms with van der Waals surface area (Å²) in [4.78, 5) is 24.2. The minimum atomic E-state index is -0.664. The molecule has 0 aliphatic rings. The first kappa shape index (κ1) is 17.5. The van der Waals surface area contributed by atoms with Crippen LogP contribution in [-0.2, 0) is 4.79 Å². The van der Waals surface area contributed by atoms with Crippen LogP contribution in [0.4, 0.5) is 0 Å². The Labute approximate surface area is 130 Å². The molecule has 0 aromatic heterocycles. The van der Waals surface area contributed by atoms with E-state index in [2.05, 4.69) is 10.6 Å². The van der Waals surface area contributed by atoms with E-state index in [0.29, 0.717) is 17.7 Å². The van der Waals surface area contributed by atoms with Gasteiger partial charge in [0, 0.05) is 5.56 Å². The van der Waals surface area contributed by atoms with Crippen molar-refractivity contribution in [3.63, 3.8) is 0 Å². The Hall–Kier alpha value is -2.55. The lowest BCUT2D eigenvalue weighted by atomic mass is 10.0. The molecule has 0 fully saturated rings. The second-order valence-corrected chi connectivity index (χ2v) is 5.26. The lowest BCUT2D eigenvalue weighted by Gasteiger charge is -2.19. The van der Waals surface area contributed by atoms with Gasteiger partial charge in [-0.3, -0.25) is 9.59 Å². The number of rotatable bonds is 7. The lowest BCUT2D eigenvalue weighted by Crippen LogP contribution is -2.47. The molecule has 0 bridgehead atoms. The SMILES string of the molecule is COc1ccc(C(=O)N[C@@H](CC(C)C)C(=O)NCC#N)cc1. The molecule has 0 spiro atoms. The third-order valence-electron chi connectivity index (χ3n) is 3.02. The first-order valence-electron chi connectivity index (χ1n) is 7.07. The van der Waals surface area contributed by atoms with Gasteiger partial charge in [-0.25, -0.2) is 0 Å². The van der Waals surface area contributed by atoms with Crippen molar-refractivity contribution in [2.45, 2.75) is 26.3 Å². The number of carbonyl (C=O) groups is 2. The van der Waals surface area contributed by atoms with E-state index in [9.17, 15) is 9.59 Å². The zero-order chi connectivity index (χ0) is 16.5. The molecule has 0 aliphatic heterocycles. The Kier molecular flexibility index (Phi) is 6.90. The quantitative estimate of drug-likeness (QED) is 0.746. The fraction of sp³-hybridized carbons (Fsp3) is 0.438. The highest BCUT2D eigenvalue weighted by molar-refractivity contribution is 5.97. The van der Waals surface area contributed by atoms with Crippen LogP contribution in [0.15, 0.2) is 24.3 Å². The molecule has 0 heterocycles. The van der Waals surface area contributed by atoms with Crippen LogP contribution < -0.4 is 15.4 Å². The smallest absolute Gasteiger partial charge is 0.251 e. The molecule has 22 heavy (non-hydrogen) atoms. The molecular weight excluding hydrogens is 282 g/mol. The maximum absolute atomic E-state index is 12.2. The van der Waals surface area contributed by atoms with Gasteiger partial charge in [0.15, 0.2) is 0 Å². The minimum absolute atomic E-state index is 0.0775. The van der Waals surface area contributed by atoms with Crippen LogP contribution in [0.1, 0.15) is 30.6 Å². The molecule has 6 nitrogen and oxygen atoms in total. The second kappa shape index (κ2) is 8.67. The normalized spacial score (nSPS) is 11.4. The van der Waals surface area contributed by atoms with Crippen molar-refractivity contribution < 1.29 is 14.3 Å². The Bertz CT molecular complexity index is 547. The molecule has 1 aromatic rings. The standard InChI is InChI=1S/C16H21N3O3/c1-11(2)10-14(16(21)18-9-8-17)19-15(20)12-4-6-13(22-3)7-5-12/h4-7,11,14H,9-10H2,1-3H3,(H,18,21)(H,19,20)/t14-/m0/s1. The molecule has 6 heteroatoms. The Morgan fingerprint density at radius 1 is 1.27 bits per heavy atom. The van der Waals surface area contributed by atoms with Crippen molar-refractivity contribution in [1.29, 1.82) is 5.26 Å². The molecule has 0 aliphatic carbocycles. The monoisotopic (exact) mass is 303 g/mol. The number of ether oxygens (including phenoxy) is 1. The van der Waals surface area contributed by atoms with Crippen LogP contribution in [0.2, 0.25) is 0 Å². The van der Waals surface area contributed by atoms with Crippen molar-refractivity contribution in [3.8, 4) is 11.8 Å². The highest BCUT2D eigenvalue weighted by Crippen LogP contribution is 2.12. The van der Waals surface area contributed by atoms with Crippen molar-refractivity contribution in [1.82, 2.24) is 10.6 Å². The van der Waals surface area contributed by atoms with Crippen LogP contribution in [0.5, 0.6) is 5.75 Å². The molecule has 1 atom stereocenters. The van der Waals surface area contributed by atoms with Crippen molar-refractivity contribution in [2.24, 2.45) is 5.92 Å². The average molecular weight is 303 g/mol. The number of hydrogen-bond donors (Lipinski definition) is 2. The number of hydrogen-bond acceptors (Lipinski definition) is 4. The van der Waals surface area contributed by atoms with E-state index in [-0.39, 0.29) is 24.3 Å². The number of nitriles is 1. The van der Waals surface area contributed by atoms with Gasteiger partial charge in [0.25, 0.3) is 5.91 Å². The Morgan fingerprint density at radius 3 is 2.41 bits per heavy atom. The summed E-state index contributed by atoms with van der Waals surface area (Å²) < 4.78 is 5.04. The van der Waals surface area contributed by atoms with Gasteiger partial charge in [0.1, 0.15) is 18.3 Å². The second-order valence-electron chi connectivity index (χ2n) is 5.26. The van der Waals surface area contributed by atoms with E-state index in [1.807, 2.05) is 19.9 Å². The van der Waals surface area contributed by atoms with Crippen molar-refractivity contribution >= 4 is 11.8 Å². The lowest BCUT2D eigenvalue weighted by molar-refractivity contribution is -0.123. The molecular formula is C16H21N3O3. The molecule has 2 N–H and O–H groups in total. The van der Waals surface area contributed by atoms with Gasteiger partial charge in [-0.2, -0.15) is 5.26 Å². The first-order chi connectivity index (χ1) is 10.5. The summed E-state index contributed by atoms with van der Waals surface area (Å²) in [6.45, 7) is 3.85. The molecule has 2 amide bonds. The summed E-state index contributed by atoms with van der Waals surface area (Å²) in [6.07, 6.45) is 0.499. The van der Waals surface area contributed by atoms with Gasteiger partial charge in [-0.15, -0.1) is 0 Å². The van der Waals surface area contributed by atoms with Crippen LogP contribution in [0, 0.1) is 17.2 Å². The number of nitrogens with zero attached hydrogens (tertiary/aromatic N) is 1.